The number of aromatic amines is 1. The molecule has 4 N–H and O–H groups in total. The van der Waals surface area contributed by atoms with Crippen molar-refractivity contribution in [3.63, 3.8) is 0 Å². The van der Waals surface area contributed by atoms with E-state index >= 15 is 0 Å². The molecule has 2 atom stereocenters. The van der Waals surface area contributed by atoms with E-state index in [9.17, 15) is 9.59 Å². The lowest BCUT2D eigenvalue weighted by Gasteiger charge is -2.44. The molecule has 1 saturated heterocycles. The molecule has 5 rings (SSSR count). The molecule has 0 aliphatic carbocycles. The third-order valence-electron chi connectivity index (χ3n) is 5.60. The molecule has 28 heavy (non-hydrogen) atoms. The number of carbonyl (C=O) groups is 2. The highest BCUT2D eigenvalue weighted by Crippen LogP contribution is 2.42. The molecular weight excluding hydrogens is 374 g/mol. The van der Waals surface area contributed by atoms with Crippen molar-refractivity contribution in [3.8, 4) is 0 Å². The summed E-state index contributed by atoms with van der Waals surface area (Å²) in [5, 5.41) is 3.78. The van der Waals surface area contributed by atoms with Crippen LogP contribution in [0.1, 0.15) is 22.9 Å². The first-order valence-corrected chi connectivity index (χ1v) is 9.36. The van der Waals surface area contributed by atoms with Crippen LogP contribution in [0.4, 0.5) is 11.4 Å². The van der Waals surface area contributed by atoms with Gasteiger partial charge in [-0.1, -0.05) is 24.3 Å². The first-order valence-electron chi connectivity index (χ1n) is 8.99. The first-order chi connectivity index (χ1) is 13.6. The highest BCUT2D eigenvalue weighted by Gasteiger charge is 2.45. The molecule has 7 nitrogen and oxygen atoms in total. The molecule has 3 heterocycles. The van der Waals surface area contributed by atoms with Crippen LogP contribution in [0.15, 0.2) is 46.8 Å². The van der Waals surface area contributed by atoms with E-state index in [0.29, 0.717) is 17.8 Å². The molecule has 0 unspecified atom stereocenters. The van der Waals surface area contributed by atoms with Gasteiger partial charge in [0.1, 0.15) is 11.7 Å². The van der Waals surface area contributed by atoms with Gasteiger partial charge in [0.25, 0.3) is 0 Å². The summed E-state index contributed by atoms with van der Waals surface area (Å²) in [5.74, 6) is -0.253. The van der Waals surface area contributed by atoms with Crippen molar-refractivity contribution in [1.82, 2.24) is 15.2 Å². The SMILES string of the molecule is Nc1ccc([C@H]2c3[nH]c4ccccc4c3C[C@@H]3C(=O)NCC(=O)N23)cc1N=S. The second kappa shape index (κ2) is 6.13. The van der Waals surface area contributed by atoms with E-state index < -0.39 is 12.1 Å². The number of rotatable bonds is 2. The number of nitrogens with zero attached hydrogens (tertiary/aromatic N) is 2. The molecule has 0 spiro atoms. The molecule has 2 aliphatic heterocycles. The molecule has 3 aromatic rings. The summed E-state index contributed by atoms with van der Waals surface area (Å²) in [5.41, 5.74) is 10.7. The van der Waals surface area contributed by atoms with Crippen molar-refractivity contribution in [2.45, 2.75) is 18.5 Å². The monoisotopic (exact) mass is 391 g/mol. The van der Waals surface area contributed by atoms with Crippen LogP contribution in [0.3, 0.4) is 0 Å². The van der Waals surface area contributed by atoms with Crippen LogP contribution in [0.25, 0.3) is 10.9 Å². The van der Waals surface area contributed by atoms with Gasteiger partial charge in [0, 0.05) is 35.4 Å². The van der Waals surface area contributed by atoms with Crippen LogP contribution in [0.2, 0.25) is 0 Å². The molecule has 0 radical (unpaired) electrons. The van der Waals surface area contributed by atoms with E-state index in [-0.39, 0.29) is 18.4 Å². The van der Waals surface area contributed by atoms with Gasteiger partial charge >= 0.3 is 0 Å². The quantitative estimate of drug-likeness (QED) is 0.582. The molecular formula is C20H17N5O2S. The summed E-state index contributed by atoms with van der Waals surface area (Å²) < 4.78 is 3.83. The fourth-order valence-electron chi connectivity index (χ4n) is 4.33. The molecule has 1 fully saturated rings. The molecule has 140 valence electrons. The van der Waals surface area contributed by atoms with Gasteiger partial charge in [-0.25, -0.2) is 0 Å². The lowest BCUT2D eigenvalue weighted by Crippen LogP contribution is -2.61. The smallest absolute Gasteiger partial charge is 0.243 e. The van der Waals surface area contributed by atoms with Crippen molar-refractivity contribution < 1.29 is 9.59 Å². The van der Waals surface area contributed by atoms with E-state index in [4.69, 9.17) is 18.2 Å². The Hall–Kier alpha value is -3.26. The van der Waals surface area contributed by atoms with E-state index in [1.165, 1.54) is 0 Å². The maximum Gasteiger partial charge on any atom is 0.243 e. The van der Waals surface area contributed by atoms with Gasteiger partial charge in [0.05, 0.1) is 18.3 Å². The van der Waals surface area contributed by atoms with E-state index in [1.807, 2.05) is 30.3 Å². The first kappa shape index (κ1) is 16.9. The average Bonchev–Trinajstić information content (AvgIpc) is 3.08. The minimum Gasteiger partial charge on any atom is -0.397 e. The van der Waals surface area contributed by atoms with Crippen LogP contribution in [-0.2, 0) is 28.4 Å². The number of carbonyl (C=O) groups excluding carboxylic acids is 2. The summed E-state index contributed by atoms with van der Waals surface area (Å²) >= 11 is 4.85. The number of benzene rings is 2. The minimum atomic E-state index is -0.556. The van der Waals surface area contributed by atoms with Gasteiger partial charge in [-0.15, -0.1) is 0 Å². The van der Waals surface area contributed by atoms with Gasteiger partial charge in [-0.05, 0) is 29.3 Å². The van der Waals surface area contributed by atoms with Crippen LogP contribution in [0.5, 0.6) is 0 Å². The van der Waals surface area contributed by atoms with Gasteiger partial charge in [0.2, 0.25) is 11.8 Å². The molecule has 2 aromatic carbocycles. The number of hydrogen-bond donors (Lipinski definition) is 3. The Morgan fingerprint density at radius 2 is 2.00 bits per heavy atom. The predicted molar refractivity (Wildman–Crippen MR) is 108 cm³/mol. The third-order valence-corrected chi connectivity index (χ3v) is 5.80. The zero-order valence-corrected chi connectivity index (χ0v) is 15.6. The average molecular weight is 391 g/mol. The Morgan fingerprint density at radius 3 is 2.82 bits per heavy atom. The fourth-order valence-corrected chi connectivity index (χ4v) is 4.49. The summed E-state index contributed by atoms with van der Waals surface area (Å²) in [4.78, 5) is 30.6. The largest absolute Gasteiger partial charge is 0.397 e. The Labute approximate surface area is 166 Å². The van der Waals surface area contributed by atoms with Crippen LogP contribution >= 0.6 is 0 Å². The molecule has 2 aliphatic rings. The number of amides is 2. The summed E-state index contributed by atoms with van der Waals surface area (Å²) in [6.07, 6.45) is 0.473. The zero-order valence-electron chi connectivity index (χ0n) is 14.8. The summed E-state index contributed by atoms with van der Waals surface area (Å²) in [6.45, 7) is -0.00532. The third kappa shape index (κ3) is 2.34. The van der Waals surface area contributed by atoms with Crippen molar-refractivity contribution in [1.29, 1.82) is 0 Å². The lowest BCUT2D eigenvalue weighted by atomic mass is 9.86. The van der Waals surface area contributed by atoms with Crippen LogP contribution in [0, 0.1) is 0 Å². The second-order valence-corrected chi connectivity index (χ2v) is 7.30. The van der Waals surface area contributed by atoms with Crippen molar-refractivity contribution in [2.75, 3.05) is 12.3 Å². The number of nitrogens with one attached hydrogen (secondary N) is 2. The molecule has 2 amide bonds. The van der Waals surface area contributed by atoms with Gasteiger partial charge < -0.3 is 20.9 Å². The van der Waals surface area contributed by atoms with E-state index in [2.05, 4.69) is 14.7 Å². The van der Waals surface area contributed by atoms with Gasteiger partial charge in [-0.3, -0.25) is 9.59 Å². The molecule has 0 bridgehead atoms. The number of para-hydroxylation sites is 1. The molecule has 0 saturated carbocycles. The Bertz CT molecular complexity index is 1150. The maximum atomic E-state index is 12.8. The fraction of sp³-hybridized carbons (Fsp3) is 0.200. The van der Waals surface area contributed by atoms with Crippen molar-refractivity contribution in [2.24, 2.45) is 4.36 Å². The van der Waals surface area contributed by atoms with Crippen molar-refractivity contribution >= 4 is 46.5 Å². The van der Waals surface area contributed by atoms with Crippen molar-refractivity contribution in [3.05, 3.63) is 59.3 Å². The number of anilines is 1. The standard InChI is InChI=1S/C20H17N5O2S/c21-13-6-5-10(7-15(13)24-28)19-18-12(11-3-1-2-4-14(11)23-18)8-16-20(27)22-9-17(26)25(16)19/h1-7,16,19,23H,8-9,21H2,(H,22,27)/t16-,19+/m1/s1. The van der Waals surface area contributed by atoms with Crippen LogP contribution in [-0.4, -0.2) is 34.3 Å². The summed E-state index contributed by atoms with van der Waals surface area (Å²) in [6, 6.07) is 12.4. The summed E-state index contributed by atoms with van der Waals surface area (Å²) in [7, 11) is 0. The number of piperazine rings is 1. The number of H-pyrrole nitrogens is 1. The van der Waals surface area contributed by atoms with E-state index in [1.54, 1.807) is 17.0 Å². The number of aromatic nitrogens is 1. The zero-order chi connectivity index (χ0) is 19.4. The number of hydrogen-bond acceptors (Lipinski definition) is 5. The maximum absolute atomic E-state index is 12.8. The highest BCUT2D eigenvalue weighted by atomic mass is 32.1. The predicted octanol–water partition coefficient (Wildman–Crippen LogP) is 2.08. The Morgan fingerprint density at radius 1 is 1.18 bits per heavy atom. The van der Waals surface area contributed by atoms with Gasteiger partial charge in [0.15, 0.2) is 0 Å². The number of fused-ring (bicyclic) bond motifs is 4. The number of nitrogen functional groups attached to an aromatic ring is 1. The lowest BCUT2D eigenvalue weighted by molar-refractivity contribution is -0.148. The Balaban J connectivity index is 1.78. The van der Waals surface area contributed by atoms with Gasteiger partial charge in [-0.2, -0.15) is 4.36 Å². The topological polar surface area (TPSA) is 104 Å². The normalized spacial score (nSPS) is 21.2. The number of nitrogens with two attached hydrogens (primary N) is 1. The Kier molecular flexibility index (Phi) is 3.70. The second-order valence-electron chi connectivity index (χ2n) is 7.11. The van der Waals surface area contributed by atoms with E-state index in [0.717, 1.165) is 27.7 Å². The molecule has 8 heteroatoms. The minimum absolute atomic E-state index is 0.00532. The highest BCUT2D eigenvalue weighted by molar-refractivity contribution is 7.47. The van der Waals surface area contributed by atoms with Crippen LogP contribution < -0.4 is 11.1 Å². The molecule has 1 aromatic heterocycles.